The Kier molecular flexibility index (Phi) is 4.97. The standard InChI is InChI=1S/C13H20N6O/c1-3-5-6-8-11-12(7-4-2)19(17-15-11)13(20)18-10-9-14-16-18/h9-10H,3-8H2,1-2H3. The van der Waals surface area contributed by atoms with Gasteiger partial charge in [-0.1, -0.05) is 43.5 Å². The quantitative estimate of drug-likeness (QED) is 0.755. The fourth-order valence-electron chi connectivity index (χ4n) is 2.12. The van der Waals surface area contributed by atoms with Crippen molar-refractivity contribution in [2.75, 3.05) is 0 Å². The molecule has 0 fully saturated rings. The fourth-order valence-corrected chi connectivity index (χ4v) is 2.12. The van der Waals surface area contributed by atoms with E-state index in [4.69, 9.17) is 0 Å². The number of hydrogen-bond acceptors (Lipinski definition) is 5. The van der Waals surface area contributed by atoms with Gasteiger partial charge in [0.1, 0.15) is 0 Å². The lowest BCUT2D eigenvalue weighted by atomic mass is 10.1. The molecule has 0 atom stereocenters. The minimum atomic E-state index is -0.333. The van der Waals surface area contributed by atoms with Crippen LogP contribution in [0.25, 0.3) is 0 Å². The van der Waals surface area contributed by atoms with Crippen molar-refractivity contribution < 1.29 is 4.79 Å². The first-order valence-electron chi connectivity index (χ1n) is 7.12. The van der Waals surface area contributed by atoms with E-state index in [1.54, 1.807) is 0 Å². The molecule has 2 rings (SSSR count). The molecule has 0 N–H and O–H groups in total. The molecule has 0 unspecified atom stereocenters. The van der Waals surface area contributed by atoms with E-state index in [1.165, 1.54) is 21.8 Å². The van der Waals surface area contributed by atoms with Crippen molar-refractivity contribution in [3.63, 3.8) is 0 Å². The van der Waals surface area contributed by atoms with Gasteiger partial charge in [-0.2, -0.15) is 9.36 Å². The van der Waals surface area contributed by atoms with Gasteiger partial charge in [0.15, 0.2) is 0 Å². The Morgan fingerprint density at radius 2 is 2.00 bits per heavy atom. The number of hydrogen-bond donors (Lipinski definition) is 0. The lowest BCUT2D eigenvalue weighted by molar-refractivity contribution is 0.236. The Morgan fingerprint density at radius 1 is 1.15 bits per heavy atom. The zero-order valence-electron chi connectivity index (χ0n) is 12.0. The summed E-state index contributed by atoms with van der Waals surface area (Å²) in [5.41, 5.74) is 1.82. The van der Waals surface area contributed by atoms with Crippen LogP contribution < -0.4 is 0 Å². The second-order valence-electron chi connectivity index (χ2n) is 4.73. The first-order valence-corrected chi connectivity index (χ1v) is 7.12. The molecular weight excluding hydrogens is 256 g/mol. The van der Waals surface area contributed by atoms with Gasteiger partial charge in [0, 0.05) is 0 Å². The minimum Gasteiger partial charge on any atom is -0.243 e. The van der Waals surface area contributed by atoms with Crippen molar-refractivity contribution in [2.24, 2.45) is 0 Å². The fraction of sp³-hybridized carbons (Fsp3) is 0.615. The number of nitrogens with zero attached hydrogens (tertiary/aromatic N) is 6. The summed E-state index contributed by atoms with van der Waals surface area (Å²) in [6.45, 7) is 4.24. The van der Waals surface area contributed by atoms with Gasteiger partial charge < -0.3 is 0 Å². The normalized spacial score (nSPS) is 10.9. The van der Waals surface area contributed by atoms with Gasteiger partial charge in [-0.05, 0) is 19.3 Å². The monoisotopic (exact) mass is 276 g/mol. The summed E-state index contributed by atoms with van der Waals surface area (Å²) in [5, 5.41) is 15.5. The highest BCUT2D eigenvalue weighted by Gasteiger charge is 2.18. The van der Waals surface area contributed by atoms with E-state index in [-0.39, 0.29) is 6.03 Å². The van der Waals surface area contributed by atoms with E-state index in [1.807, 2.05) is 0 Å². The Bertz CT molecular complexity index is 545. The molecule has 0 aromatic carbocycles. The van der Waals surface area contributed by atoms with Crippen LogP contribution in [0.4, 0.5) is 4.79 Å². The molecule has 0 saturated heterocycles. The molecule has 2 heterocycles. The number of aromatic nitrogens is 6. The summed E-state index contributed by atoms with van der Waals surface area (Å²) < 4.78 is 2.52. The average molecular weight is 276 g/mol. The van der Waals surface area contributed by atoms with Crippen LogP contribution in [0, 0.1) is 0 Å². The van der Waals surface area contributed by atoms with Crippen LogP contribution in [-0.2, 0) is 12.8 Å². The molecule has 2 aromatic rings. The number of aryl methyl sites for hydroxylation is 1. The van der Waals surface area contributed by atoms with Gasteiger partial charge in [-0.3, -0.25) is 0 Å². The zero-order valence-corrected chi connectivity index (χ0v) is 12.0. The van der Waals surface area contributed by atoms with Crippen molar-refractivity contribution in [2.45, 2.75) is 52.4 Å². The SMILES string of the molecule is CCCCCc1nnn(C(=O)n2ccnn2)c1CCC. The van der Waals surface area contributed by atoms with Crippen molar-refractivity contribution in [3.05, 3.63) is 23.8 Å². The third kappa shape index (κ3) is 3.09. The molecule has 0 bridgehead atoms. The summed E-state index contributed by atoms with van der Waals surface area (Å²) >= 11 is 0. The van der Waals surface area contributed by atoms with E-state index in [2.05, 4.69) is 34.5 Å². The topological polar surface area (TPSA) is 78.5 Å². The highest BCUT2D eigenvalue weighted by atomic mass is 16.2. The molecule has 108 valence electrons. The van der Waals surface area contributed by atoms with E-state index in [9.17, 15) is 4.79 Å². The van der Waals surface area contributed by atoms with Gasteiger partial charge in [-0.15, -0.1) is 10.2 Å². The maximum Gasteiger partial charge on any atom is 0.372 e. The first kappa shape index (κ1) is 14.4. The van der Waals surface area contributed by atoms with Gasteiger partial charge in [-0.25, -0.2) is 4.79 Å². The zero-order chi connectivity index (χ0) is 14.4. The van der Waals surface area contributed by atoms with E-state index in [0.29, 0.717) is 0 Å². The van der Waals surface area contributed by atoms with Crippen LogP contribution >= 0.6 is 0 Å². The molecule has 20 heavy (non-hydrogen) atoms. The molecule has 2 aromatic heterocycles. The maximum absolute atomic E-state index is 12.3. The van der Waals surface area contributed by atoms with E-state index in [0.717, 1.165) is 49.9 Å². The van der Waals surface area contributed by atoms with Crippen LogP contribution in [0.15, 0.2) is 12.4 Å². The molecule has 0 aliphatic heterocycles. The molecule has 0 aliphatic carbocycles. The summed E-state index contributed by atoms with van der Waals surface area (Å²) in [6, 6.07) is -0.333. The van der Waals surface area contributed by atoms with Crippen LogP contribution in [-0.4, -0.2) is 36.0 Å². The largest absolute Gasteiger partial charge is 0.372 e. The third-order valence-corrected chi connectivity index (χ3v) is 3.15. The minimum absolute atomic E-state index is 0.333. The Balaban J connectivity index is 2.22. The van der Waals surface area contributed by atoms with E-state index < -0.39 is 0 Å². The summed E-state index contributed by atoms with van der Waals surface area (Å²) in [6.07, 6.45) is 8.97. The van der Waals surface area contributed by atoms with Crippen LogP contribution in [0.3, 0.4) is 0 Å². The predicted octanol–water partition coefficient (Wildman–Crippen LogP) is 2.07. The lowest BCUT2D eigenvalue weighted by Crippen LogP contribution is -2.23. The number of carbonyl (C=O) groups excluding carboxylic acids is 1. The van der Waals surface area contributed by atoms with Gasteiger partial charge in [0.25, 0.3) is 0 Å². The number of rotatable bonds is 6. The first-order chi connectivity index (χ1) is 9.77. The lowest BCUT2D eigenvalue weighted by Gasteiger charge is -2.05. The molecule has 0 aliphatic rings. The molecule has 7 heteroatoms. The second kappa shape index (κ2) is 6.93. The third-order valence-electron chi connectivity index (χ3n) is 3.15. The molecule has 0 spiro atoms. The average Bonchev–Trinajstić information content (AvgIpc) is 3.09. The van der Waals surface area contributed by atoms with Crippen molar-refractivity contribution >= 4 is 6.03 Å². The smallest absolute Gasteiger partial charge is 0.243 e. The number of unbranched alkanes of at least 4 members (excludes halogenated alkanes) is 2. The Morgan fingerprint density at radius 3 is 2.65 bits per heavy atom. The van der Waals surface area contributed by atoms with Crippen LogP contribution in [0.5, 0.6) is 0 Å². The summed E-state index contributed by atoms with van der Waals surface area (Å²) in [5.74, 6) is 0. The summed E-state index contributed by atoms with van der Waals surface area (Å²) in [4.78, 5) is 12.3. The summed E-state index contributed by atoms with van der Waals surface area (Å²) in [7, 11) is 0. The molecule has 0 amide bonds. The van der Waals surface area contributed by atoms with Gasteiger partial charge >= 0.3 is 6.03 Å². The highest BCUT2D eigenvalue weighted by molar-refractivity contribution is 5.77. The van der Waals surface area contributed by atoms with Crippen molar-refractivity contribution in [3.8, 4) is 0 Å². The van der Waals surface area contributed by atoms with Crippen LogP contribution in [0.1, 0.15) is 50.9 Å². The van der Waals surface area contributed by atoms with Crippen molar-refractivity contribution in [1.29, 1.82) is 0 Å². The Hall–Kier alpha value is -2.05. The predicted molar refractivity (Wildman–Crippen MR) is 73.5 cm³/mol. The molecule has 0 radical (unpaired) electrons. The molecule has 7 nitrogen and oxygen atoms in total. The van der Waals surface area contributed by atoms with E-state index >= 15 is 0 Å². The highest BCUT2D eigenvalue weighted by Crippen LogP contribution is 2.12. The molecule has 0 saturated carbocycles. The second-order valence-corrected chi connectivity index (χ2v) is 4.73. The Labute approximate surface area is 118 Å². The number of carbonyl (C=O) groups is 1. The molecular formula is C13H20N6O. The van der Waals surface area contributed by atoms with Gasteiger partial charge in [0.2, 0.25) is 0 Å². The van der Waals surface area contributed by atoms with Crippen molar-refractivity contribution in [1.82, 2.24) is 30.0 Å². The van der Waals surface area contributed by atoms with Gasteiger partial charge in [0.05, 0.1) is 23.8 Å². The maximum atomic E-state index is 12.3. The van der Waals surface area contributed by atoms with Crippen LogP contribution in [0.2, 0.25) is 0 Å².